The smallest absolute Gasteiger partial charge is 0.263 e. The first-order valence-corrected chi connectivity index (χ1v) is 11.1. The second-order valence-electron chi connectivity index (χ2n) is 7.59. The Balaban J connectivity index is 1.69. The zero-order chi connectivity index (χ0) is 21.2. The summed E-state index contributed by atoms with van der Waals surface area (Å²) in [5, 5.41) is 0. The van der Waals surface area contributed by atoms with Crippen LogP contribution in [0.25, 0.3) is 0 Å². The van der Waals surface area contributed by atoms with Crippen molar-refractivity contribution < 1.29 is 17.2 Å². The van der Waals surface area contributed by atoms with Gasteiger partial charge in [-0.1, -0.05) is 0 Å². The zero-order valence-corrected chi connectivity index (χ0v) is 17.6. The second kappa shape index (κ2) is 8.62. The maximum Gasteiger partial charge on any atom is 0.263 e. The number of halogens is 2. The second-order valence-corrected chi connectivity index (χ2v) is 9.27. The minimum absolute atomic E-state index is 0.0750. The summed E-state index contributed by atoms with van der Waals surface area (Å²) in [5.74, 6) is -1.04. The summed E-state index contributed by atoms with van der Waals surface area (Å²) < 4.78 is 53.8. The molecule has 1 saturated heterocycles. The highest BCUT2D eigenvalue weighted by Crippen LogP contribution is 2.23. The Hall–Kier alpha value is -2.26. The van der Waals surface area contributed by atoms with Gasteiger partial charge >= 0.3 is 0 Å². The summed E-state index contributed by atoms with van der Waals surface area (Å²) in [7, 11) is -2.04. The minimum Gasteiger partial charge on any atom is -0.357 e. The number of piperidine rings is 1. The van der Waals surface area contributed by atoms with Crippen LogP contribution in [0.5, 0.6) is 0 Å². The molecule has 1 aromatic carbocycles. The molecule has 158 valence electrons. The molecular weight excluding hydrogens is 398 g/mol. The monoisotopic (exact) mass is 424 g/mol. The maximum absolute atomic E-state index is 13.3. The van der Waals surface area contributed by atoms with Gasteiger partial charge in [-0.25, -0.2) is 22.2 Å². The van der Waals surface area contributed by atoms with Gasteiger partial charge in [0, 0.05) is 44.5 Å². The third kappa shape index (κ3) is 5.22. The van der Waals surface area contributed by atoms with Crippen LogP contribution in [0.1, 0.15) is 26.7 Å². The van der Waals surface area contributed by atoms with Crippen LogP contribution in [0.4, 0.5) is 20.3 Å². The highest BCUT2D eigenvalue weighted by Gasteiger charge is 2.25. The fraction of sp³-hybridized carbons (Fsp3) is 0.450. The fourth-order valence-electron chi connectivity index (χ4n) is 3.54. The average Bonchev–Trinajstić information content (AvgIpc) is 2.66. The van der Waals surface area contributed by atoms with Gasteiger partial charge in [0.15, 0.2) is 0 Å². The zero-order valence-electron chi connectivity index (χ0n) is 16.8. The van der Waals surface area contributed by atoms with Gasteiger partial charge in [-0.2, -0.15) is 0 Å². The van der Waals surface area contributed by atoms with Gasteiger partial charge in [0.2, 0.25) is 0 Å². The molecule has 0 bridgehead atoms. The van der Waals surface area contributed by atoms with E-state index in [-0.39, 0.29) is 10.6 Å². The van der Waals surface area contributed by atoms with Crippen molar-refractivity contribution in [2.24, 2.45) is 0 Å². The number of pyridine rings is 1. The summed E-state index contributed by atoms with van der Waals surface area (Å²) >= 11 is 0. The third-order valence-electron chi connectivity index (χ3n) is 5.28. The van der Waals surface area contributed by atoms with Gasteiger partial charge in [-0.3, -0.25) is 4.72 Å². The Labute approximate surface area is 170 Å². The number of anilines is 2. The van der Waals surface area contributed by atoms with Gasteiger partial charge in [0.05, 0.1) is 5.69 Å². The predicted octanol–water partition coefficient (Wildman–Crippen LogP) is 3.47. The molecule has 2 heterocycles. The van der Waals surface area contributed by atoms with Crippen LogP contribution in [0.3, 0.4) is 0 Å². The van der Waals surface area contributed by atoms with E-state index in [2.05, 4.69) is 33.4 Å². The lowest BCUT2D eigenvalue weighted by Crippen LogP contribution is -2.45. The Bertz CT molecular complexity index is 923. The van der Waals surface area contributed by atoms with E-state index in [4.69, 9.17) is 0 Å². The number of hydrogen-bond donors (Lipinski definition) is 1. The first kappa shape index (κ1) is 21.4. The van der Waals surface area contributed by atoms with Crippen LogP contribution in [0.15, 0.2) is 41.4 Å². The van der Waals surface area contributed by atoms with E-state index in [1.165, 1.54) is 12.3 Å². The van der Waals surface area contributed by atoms with E-state index >= 15 is 0 Å². The van der Waals surface area contributed by atoms with Crippen LogP contribution in [-0.4, -0.2) is 50.5 Å². The molecule has 0 spiro atoms. The van der Waals surface area contributed by atoms with Crippen LogP contribution in [0, 0.1) is 11.6 Å². The van der Waals surface area contributed by atoms with Crippen molar-refractivity contribution in [3.05, 3.63) is 48.2 Å². The molecule has 29 heavy (non-hydrogen) atoms. The fourth-order valence-corrected chi connectivity index (χ4v) is 4.53. The number of sulfonamides is 1. The summed E-state index contributed by atoms with van der Waals surface area (Å²) in [4.78, 5) is 8.73. The van der Waals surface area contributed by atoms with Crippen LogP contribution < -0.4 is 9.62 Å². The van der Waals surface area contributed by atoms with E-state index in [0.717, 1.165) is 38.1 Å². The van der Waals surface area contributed by atoms with Crippen molar-refractivity contribution in [1.82, 2.24) is 9.88 Å². The number of aromatic nitrogens is 1. The van der Waals surface area contributed by atoms with E-state index in [0.29, 0.717) is 24.0 Å². The summed E-state index contributed by atoms with van der Waals surface area (Å²) in [6.45, 7) is 6.43. The molecule has 1 aliphatic rings. The molecule has 2 aromatic rings. The molecule has 1 aromatic heterocycles. The van der Waals surface area contributed by atoms with Crippen molar-refractivity contribution in [1.29, 1.82) is 0 Å². The van der Waals surface area contributed by atoms with Gasteiger partial charge in [-0.05, 0) is 51.0 Å². The van der Waals surface area contributed by atoms with Crippen molar-refractivity contribution in [2.75, 3.05) is 29.8 Å². The molecule has 6 nitrogen and oxygen atoms in total. The lowest BCUT2D eigenvalue weighted by molar-refractivity contribution is 0.171. The van der Waals surface area contributed by atoms with Crippen LogP contribution >= 0.6 is 0 Å². The Morgan fingerprint density at radius 1 is 1.14 bits per heavy atom. The quantitative estimate of drug-likeness (QED) is 0.769. The van der Waals surface area contributed by atoms with Gasteiger partial charge in [0.25, 0.3) is 10.0 Å². The first-order chi connectivity index (χ1) is 13.7. The SMILES string of the molecule is CC(C)N1CCC(N(C)c2ccc(S(=O)(=O)Nc3cc(F)cc(F)c3)cn2)CC1. The molecule has 1 aliphatic heterocycles. The van der Waals surface area contributed by atoms with Gasteiger partial charge < -0.3 is 9.80 Å². The van der Waals surface area contributed by atoms with E-state index in [9.17, 15) is 17.2 Å². The number of nitrogens with zero attached hydrogens (tertiary/aromatic N) is 3. The molecule has 0 radical (unpaired) electrons. The highest BCUT2D eigenvalue weighted by atomic mass is 32.2. The van der Waals surface area contributed by atoms with E-state index < -0.39 is 21.7 Å². The maximum atomic E-state index is 13.3. The van der Waals surface area contributed by atoms with Crippen LogP contribution in [0.2, 0.25) is 0 Å². The highest BCUT2D eigenvalue weighted by molar-refractivity contribution is 7.92. The molecule has 9 heteroatoms. The molecule has 1 fully saturated rings. The van der Waals surface area contributed by atoms with Crippen molar-refractivity contribution >= 4 is 21.5 Å². The summed E-state index contributed by atoms with van der Waals surface area (Å²) in [6, 6.07) is 6.47. The lowest BCUT2D eigenvalue weighted by atomic mass is 10.0. The number of rotatable bonds is 6. The van der Waals surface area contributed by atoms with Crippen molar-refractivity contribution in [2.45, 2.75) is 43.7 Å². The lowest BCUT2D eigenvalue weighted by Gasteiger charge is -2.39. The topological polar surface area (TPSA) is 65.5 Å². The minimum atomic E-state index is -4.00. The molecule has 0 atom stereocenters. The number of likely N-dealkylation sites (tertiary alicyclic amines) is 1. The van der Waals surface area contributed by atoms with Gasteiger partial charge in [-0.15, -0.1) is 0 Å². The molecule has 1 N–H and O–H groups in total. The Kier molecular flexibility index (Phi) is 6.38. The largest absolute Gasteiger partial charge is 0.357 e. The normalized spacial score (nSPS) is 16.2. The average molecular weight is 425 g/mol. The Morgan fingerprint density at radius 2 is 1.76 bits per heavy atom. The number of nitrogens with one attached hydrogen (secondary N) is 1. The molecule has 0 saturated carbocycles. The predicted molar refractivity (Wildman–Crippen MR) is 110 cm³/mol. The molecule has 3 rings (SSSR count). The molecular formula is C20H26F2N4O2S. The standard InChI is InChI=1S/C20H26F2N4O2S/c1-14(2)26-8-6-18(7-9-26)25(3)20-5-4-19(13-23-20)29(27,28)24-17-11-15(21)10-16(22)12-17/h4-5,10-14,18,24H,6-9H2,1-3H3. The molecule has 0 aliphatic carbocycles. The Morgan fingerprint density at radius 3 is 2.28 bits per heavy atom. The number of hydrogen-bond acceptors (Lipinski definition) is 5. The van der Waals surface area contributed by atoms with Crippen LogP contribution in [-0.2, 0) is 10.0 Å². The molecule has 0 amide bonds. The van der Waals surface area contributed by atoms with Crippen molar-refractivity contribution in [3.8, 4) is 0 Å². The first-order valence-electron chi connectivity index (χ1n) is 9.57. The van der Waals surface area contributed by atoms with E-state index in [1.54, 1.807) is 6.07 Å². The van der Waals surface area contributed by atoms with Crippen molar-refractivity contribution in [3.63, 3.8) is 0 Å². The summed E-state index contributed by atoms with van der Waals surface area (Å²) in [5.41, 5.74) is -0.180. The summed E-state index contributed by atoms with van der Waals surface area (Å²) in [6.07, 6.45) is 3.29. The molecule has 0 unspecified atom stereocenters. The van der Waals surface area contributed by atoms with Gasteiger partial charge in [0.1, 0.15) is 22.3 Å². The van der Waals surface area contributed by atoms with E-state index in [1.807, 2.05) is 7.05 Å². The number of benzene rings is 1. The third-order valence-corrected chi connectivity index (χ3v) is 6.65.